The molecule has 0 bridgehead atoms. The van der Waals surface area contributed by atoms with Crippen molar-refractivity contribution in [2.24, 2.45) is 0 Å². The van der Waals surface area contributed by atoms with Crippen LogP contribution in [-0.4, -0.2) is 29.8 Å². The van der Waals surface area contributed by atoms with Crippen LogP contribution in [0.15, 0.2) is 85.7 Å². The molecule has 146 valence electrons. The Morgan fingerprint density at radius 1 is 1.03 bits per heavy atom. The smallest absolute Gasteiger partial charge is 0.274 e. The molecule has 0 aliphatic rings. The summed E-state index contributed by atoms with van der Waals surface area (Å²) in [5.74, 6) is -0.0354. The van der Waals surface area contributed by atoms with Crippen LogP contribution in [0.4, 0.5) is 10.1 Å². The lowest BCUT2D eigenvalue weighted by Gasteiger charge is -2.09. The number of amides is 1. The number of nitrogens with one attached hydrogen (secondary N) is 1. The highest BCUT2D eigenvalue weighted by atomic mass is 19.1. The van der Waals surface area contributed by atoms with Gasteiger partial charge in [0.15, 0.2) is 0 Å². The van der Waals surface area contributed by atoms with E-state index >= 15 is 0 Å². The van der Waals surface area contributed by atoms with Gasteiger partial charge in [-0.3, -0.25) is 13.8 Å². The second-order valence-corrected chi connectivity index (χ2v) is 6.61. The first-order valence-electron chi connectivity index (χ1n) is 9.17. The van der Waals surface area contributed by atoms with Crippen molar-refractivity contribution in [1.29, 1.82) is 0 Å². The molecule has 0 unspecified atom stereocenters. The molecule has 7 nitrogen and oxygen atoms in total. The van der Waals surface area contributed by atoms with Gasteiger partial charge in [0.2, 0.25) is 5.78 Å². The van der Waals surface area contributed by atoms with Crippen molar-refractivity contribution in [2.45, 2.75) is 0 Å². The molecule has 0 atom stereocenters. The molecule has 0 fully saturated rings. The van der Waals surface area contributed by atoms with E-state index < -0.39 is 0 Å². The predicted octanol–water partition coefficient (Wildman–Crippen LogP) is 3.97. The molecule has 2 aromatic carbocycles. The normalized spacial score (nSPS) is 11.0. The first kappa shape index (κ1) is 17.7. The quantitative estimate of drug-likeness (QED) is 0.497. The first-order valence-corrected chi connectivity index (χ1v) is 9.17. The molecule has 5 aromatic rings. The summed E-state index contributed by atoms with van der Waals surface area (Å²) in [6.45, 7) is 0. The fourth-order valence-electron chi connectivity index (χ4n) is 3.16. The van der Waals surface area contributed by atoms with Crippen molar-refractivity contribution in [1.82, 2.24) is 23.9 Å². The maximum atomic E-state index is 13.2. The van der Waals surface area contributed by atoms with E-state index in [2.05, 4.69) is 20.3 Å². The van der Waals surface area contributed by atoms with Gasteiger partial charge < -0.3 is 5.32 Å². The van der Waals surface area contributed by atoms with E-state index in [0.29, 0.717) is 22.8 Å². The van der Waals surface area contributed by atoms with Gasteiger partial charge in [-0.2, -0.15) is 0 Å². The Labute approximate surface area is 170 Å². The zero-order chi connectivity index (χ0) is 20.5. The van der Waals surface area contributed by atoms with Gasteiger partial charge >= 0.3 is 0 Å². The Morgan fingerprint density at radius 2 is 1.83 bits per heavy atom. The Balaban J connectivity index is 1.36. The lowest BCUT2D eigenvalue weighted by molar-refractivity contribution is 0.102. The highest BCUT2D eigenvalue weighted by Crippen LogP contribution is 2.21. The molecule has 3 heterocycles. The minimum absolute atomic E-state index is 0.318. The summed E-state index contributed by atoms with van der Waals surface area (Å²) in [6.07, 6.45) is 8.47. The van der Waals surface area contributed by atoms with E-state index in [-0.39, 0.29) is 11.7 Å². The molecule has 30 heavy (non-hydrogen) atoms. The largest absolute Gasteiger partial charge is 0.321 e. The molecule has 8 heteroatoms. The zero-order valence-corrected chi connectivity index (χ0v) is 15.6. The van der Waals surface area contributed by atoms with E-state index in [1.165, 1.54) is 24.7 Å². The third-order valence-electron chi connectivity index (χ3n) is 4.65. The second-order valence-electron chi connectivity index (χ2n) is 6.61. The van der Waals surface area contributed by atoms with Crippen LogP contribution in [0.5, 0.6) is 0 Å². The SMILES string of the molecule is O=C(Nc1ccc(-c2cn3cccnc3n2)cc1)c1cncn1-c1ccc(F)cc1. The standard InChI is InChI=1S/C22H15FN6O/c23-16-4-8-18(9-5-16)29-14-24-12-20(29)21(30)26-17-6-2-15(3-7-17)19-13-28-11-1-10-25-22(28)27-19/h1-14H,(H,26,30). The van der Waals surface area contributed by atoms with Gasteiger partial charge in [0.05, 0.1) is 18.2 Å². The summed E-state index contributed by atoms with van der Waals surface area (Å²) in [4.78, 5) is 25.5. The number of carbonyl (C=O) groups excluding carboxylic acids is 1. The van der Waals surface area contributed by atoms with Crippen LogP contribution >= 0.6 is 0 Å². The number of anilines is 1. The zero-order valence-electron chi connectivity index (χ0n) is 15.6. The van der Waals surface area contributed by atoms with Crippen LogP contribution in [0, 0.1) is 5.82 Å². The van der Waals surface area contributed by atoms with Gasteiger partial charge in [-0.25, -0.2) is 19.3 Å². The minimum atomic E-state index is -0.341. The number of nitrogens with zero attached hydrogens (tertiary/aromatic N) is 5. The third-order valence-corrected chi connectivity index (χ3v) is 4.65. The molecule has 1 amide bonds. The molecule has 0 spiro atoms. The number of halogens is 1. The summed E-state index contributed by atoms with van der Waals surface area (Å²) < 4.78 is 16.6. The highest BCUT2D eigenvalue weighted by molar-refractivity contribution is 6.03. The van der Waals surface area contributed by atoms with Crippen molar-refractivity contribution in [3.63, 3.8) is 0 Å². The lowest BCUT2D eigenvalue weighted by Crippen LogP contribution is -2.16. The fraction of sp³-hybridized carbons (Fsp3) is 0. The first-order chi connectivity index (χ1) is 14.7. The Bertz CT molecular complexity index is 1310. The molecule has 0 saturated carbocycles. The van der Waals surface area contributed by atoms with Gasteiger partial charge in [0.1, 0.15) is 11.5 Å². The minimum Gasteiger partial charge on any atom is -0.321 e. The molecule has 1 N–H and O–H groups in total. The average Bonchev–Trinajstić information content (AvgIpc) is 3.42. The monoisotopic (exact) mass is 398 g/mol. The fourth-order valence-corrected chi connectivity index (χ4v) is 3.16. The van der Waals surface area contributed by atoms with Gasteiger partial charge in [0, 0.05) is 35.5 Å². The maximum Gasteiger partial charge on any atom is 0.274 e. The Morgan fingerprint density at radius 3 is 2.60 bits per heavy atom. The van der Waals surface area contributed by atoms with Gasteiger partial charge in [-0.05, 0) is 42.5 Å². The number of imidazole rings is 2. The van der Waals surface area contributed by atoms with Crippen molar-refractivity contribution in [2.75, 3.05) is 5.32 Å². The molecule has 0 aliphatic carbocycles. The number of aromatic nitrogens is 5. The number of rotatable bonds is 4. The van der Waals surface area contributed by atoms with Crippen molar-refractivity contribution >= 4 is 17.4 Å². The van der Waals surface area contributed by atoms with Crippen molar-refractivity contribution < 1.29 is 9.18 Å². The summed E-state index contributed by atoms with van der Waals surface area (Å²) in [7, 11) is 0. The molecule has 0 radical (unpaired) electrons. The van der Waals surface area contributed by atoms with Crippen molar-refractivity contribution in [3.8, 4) is 16.9 Å². The van der Waals surface area contributed by atoms with E-state index in [1.807, 2.05) is 47.1 Å². The number of benzene rings is 2. The second kappa shape index (κ2) is 7.25. The lowest BCUT2D eigenvalue weighted by atomic mass is 10.1. The Kier molecular flexibility index (Phi) is 4.29. The van der Waals surface area contributed by atoms with Crippen LogP contribution in [0.3, 0.4) is 0 Å². The van der Waals surface area contributed by atoms with Crippen molar-refractivity contribution in [3.05, 3.63) is 97.2 Å². The summed E-state index contributed by atoms with van der Waals surface area (Å²) in [5.41, 5.74) is 3.33. The van der Waals surface area contributed by atoms with E-state index in [0.717, 1.165) is 11.3 Å². The number of carbonyl (C=O) groups is 1. The topological polar surface area (TPSA) is 77.1 Å². The highest BCUT2D eigenvalue weighted by Gasteiger charge is 2.14. The number of hydrogen-bond donors (Lipinski definition) is 1. The molecule has 0 aliphatic heterocycles. The van der Waals surface area contributed by atoms with Crippen LogP contribution in [0.1, 0.15) is 10.5 Å². The average molecular weight is 398 g/mol. The number of fused-ring (bicyclic) bond motifs is 1. The molecule has 0 saturated heterocycles. The van der Waals surface area contributed by atoms with Crippen LogP contribution in [-0.2, 0) is 0 Å². The van der Waals surface area contributed by atoms with Gasteiger partial charge in [0.25, 0.3) is 5.91 Å². The van der Waals surface area contributed by atoms with E-state index in [4.69, 9.17) is 0 Å². The Hall–Kier alpha value is -4.33. The van der Waals surface area contributed by atoms with Gasteiger partial charge in [-0.15, -0.1) is 0 Å². The molecular weight excluding hydrogens is 383 g/mol. The molecule has 5 rings (SSSR count). The summed E-state index contributed by atoms with van der Waals surface area (Å²) in [5, 5.41) is 2.86. The van der Waals surface area contributed by atoms with E-state index in [9.17, 15) is 9.18 Å². The predicted molar refractivity (Wildman–Crippen MR) is 110 cm³/mol. The number of hydrogen-bond acceptors (Lipinski definition) is 4. The van der Waals surface area contributed by atoms with Gasteiger partial charge in [-0.1, -0.05) is 12.1 Å². The maximum absolute atomic E-state index is 13.2. The van der Waals surface area contributed by atoms with E-state index in [1.54, 1.807) is 22.9 Å². The molecule has 3 aromatic heterocycles. The van der Waals surface area contributed by atoms with Crippen LogP contribution in [0.25, 0.3) is 22.7 Å². The van der Waals surface area contributed by atoms with Crippen LogP contribution < -0.4 is 5.32 Å². The molecular formula is C22H15FN6O. The third kappa shape index (κ3) is 3.30. The van der Waals surface area contributed by atoms with Crippen LogP contribution in [0.2, 0.25) is 0 Å². The summed E-state index contributed by atoms with van der Waals surface area (Å²) >= 11 is 0. The summed E-state index contributed by atoms with van der Waals surface area (Å²) in [6, 6.07) is 15.1.